The molecule has 0 atom stereocenters. The molecule has 0 saturated heterocycles. The fourth-order valence-corrected chi connectivity index (χ4v) is 3.58. The molecule has 4 rings (SSSR count). The van der Waals surface area contributed by atoms with Crippen LogP contribution in [0.25, 0.3) is 28.2 Å². The second-order valence-corrected chi connectivity index (χ2v) is 7.19. The van der Waals surface area contributed by atoms with Gasteiger partial charge in [-0.15, -0.1) is 0 Å². The van der Waals surface area contributed by atoms with Crippen molar-refractivity contribution < 1.29 is 4.42 Å². The summed E-state index contributed by atoms with van der Waals surface area (Å²) in [5, 5.41) is 6.35. The van der Waals surface area contributed by atoms with Crippen molar-refractivity contribution in [1.82, 2.24) is 19.7 Å². The lowest BCUT2D eigenvalue weighted by atomic mass is 10.1. The van der Waals surface area contributed by atoms with Gasteiger partial charge in [-0.05, 0) is 43.7 Å². The van der Waals surface area contributed by atoms with Gasteiger partial charge in [-0.1, -0.05) is 34.8 Å². The van der Waals surface area contributed by atoms with Crippen LogP contribution in [-0.4, -0.2) is 26.3 Å². The summed E-state index contributed by atoms with van der Waals surface area (Å²) in [7, 11) is 0. The Balaban J connectivity index is 1.96. The monoisotopic (exact) mass is 433 g/mol. The largest absolute Gasteiger partial charge is 0.420 e. The fourth-order valence-electron chi connectivity index (χ4n) is 2.85. The van der Waals surface area contributed by atoms with Crippen LogP contribution >= 0.6 is 34.8 Å². The van der Waals surface area contributed by atoms with Gasteiger partial charge in [-0.3, -0.25) is 4.99 Å². The molecule has 3 heterocycles. The van der Waals surface area contributed by atoms with Gasteiger partial charge in [-0.2, -0.15) is 5.10 Å². The Morgan fingerprint density at radius 3 is 2.79 bits per heavy atom. The summed E-state index contributed by atoms with van der Waals surface area (Å²) in [5.74, 6) is 0.719. The van der Waals surface area contributed by atoms with Crippen molar-refractivity contribution in [2.75, 3.05) is 6.54 Å². The number of aromatic nitrogens is 4. The predicted molar refractivity (Wildman–Crippen MR) is 110 cm³/mol. The standard InChI is InChI=1S/C19H14Cl3N5O/c1-3-23-18-12-8-11(20)7-10(2)15(12)26-19(28-18)13-9-25-27(16(13)22)17-14(21)5-4-6-24-17/h4-9H,3H2,1-2H3. The van der Waals surface area contributed by atoms with Gasteiger partial charge in [0.05, 0.1) is 27.7 Å². The van der Waals surface area contributed by atoms with Crippen LogP contribution in [0.5, 0.6) is 0 Å². The Bertz CT molecular complexity index is 1260. The fraction of sp³-hybridized carbons (Fsp3) is 0.158. The molecule has 9 heteroatoms. The zero-order chi connectivity index (χ0) is 19.8. The Morgan fingerprint density at radius 2 is 2.04 bits per heavy atom. The first-order chi connectivity index (χ1) is 13.5. The van der Waals surface area contributed by atoms with Gasteiger partial charge in [0.15, 0.2) is 5.82 Å². The number of halogens is 3. The van der Waals surface area contributed by atoms with E-state index in [4.69, 9.17) is 39.2 Å². The quantitative estimate of drug-likeness (QED) is 0.441. The summed E-state index contributed by atoms with van der Waals surface area (Å²) in [6, 6.07) is 7.08. The molecule has 0 aliphatic heterocycles. The Hall–Kier alpha value is -2.41. The van der Waals surface area contributed by atoms with E-state index in [1.165, 1.54) is 4.68 Å². The molecule has 4 aromatic rings. The topological polar surface area (TPSA) is 69.1 Å². The van der Waals surface area contributed by atoms with Gasteiger partial charge < -0.3 is 4.42 Å². The zero-order valence-corrected chi connectivity index (χ0v) is 17.2. The van der Waals surface area contributed by atoms with Gasteiger partial charge in [0, 0.05) is 17.8 Å². The zero-order valence-electron chi connectivity index (χ0n) is 14.9. The van der Waals surface area contributed by atoms with E-state index in [1.807, 2.05) is 19.9 Å². The number of nitrogens with zero attached hydrogens (tertiary/aromatic N) is 5. The van der Waals surface area contributed by atoms with Crippen LogP contribution < -0.4 is 5.55 Å². The summed E-state index contributed by atoms with van der Waals surface area (Å²) < 4.78 is 7.40. The molecule has 6 nitrogen and oxygen atoms in total. The SMILES string of the molecule is CCN=c1oc(-c2cnn(-c3ncccc3Cl)c2Cl)nc2c(C)cc(Cl)cc12. The number of hydrogen-bond acceptors (Lipinski definition) is 5. The van der Waals surface area contributed by atoms with E-state index < -0.39 is 0 Å². The highest BCUT2D eigenvalue weighted by molar-refractivity contribution is 6.34. The van der Waals surface area contributed by atoms with Crippen molar-refractivity contribution in [3.8, 4) is 17.3 Å². The average Bonchev–Trinajstić information content (AvgIpc) is 3.04. The molecule has 0 saturated carbocycles. The number of aryl methyl sites for hydroxylation is 1. The number of fused-ring (bicyclic) bond motifs is 1. The number of rotatable bonds is 3. The molecule has 0 spiro atoms. The van der Waals surface area contributed by atoms with Crippen molar-refractivity contribution in [1.29, 1.82) is 0 Å². The lowest BCUT2D eigenvalue weighted by molar-refractivity contribution is 0.498. The highest BCUT2D eigenvalue weighted by Crippen LogP contribution is 2.31. The lowest BCUT2D eigenvalue weighted by Gasteiger charge is -2.07. The molecule has 0 N–H and O–H groups in total. The summed E-state index contributed by atoms with van der Waals surface area (Å²) in [4.78, 5) is 13.3. The molecule has 0 aliphatic rings. The molecule has 0 radical (unpaired) electrons. The third-order valence-electron chi connectivity index (χ3n) is 4.08. The molecule has 0 unspecified atom stereocenters. The van der Waals surface area contributed by atoms with Gasteiger partial charge in [-0.25, -0.2) is 14.6 Å². The van der Waals surface area contributed by atoms with Gasteiger partial charge >= 0.3 is 0 Å². The minimum Gasteiger partial charge on any atom is -0.420 e. The maximum atomic E-state index is 6.56. The molecule has 0 aliphatic carbocycles. The summed E-state index contributed by atoms with van der Waals surface area (Å²) in [6.45, 7) is 4.40. The number of pyridine rings is 1. The van der Waals surface area contributed by atoms with E-state index in [2.05, 4.69) is 20.1 Å². The average molecular weight is 435 g/mol. The molecule has 3 aromatic heterocycles. The third-order valence-corrected chi connectivity index (χ3v) is 4.96. The first-order valence-corrected chi connectivity index (χ1v) is 9.59. The van der Waals surface area contributed by atoms with Crippen molar-refractivity contribution in [2.45, 2.75) is 13.8 Å². The van der Waals surface area contributed by atoms with Crippen LogP contribution in [-0.2, 0) is 0 Å². The minimum absolute atomic E-state index is 0.283. The smallest absolute Gasteiger partial charge is 0.233 e. The molecule has 28 heavy (non-hydrogen) atoms. The van der Waals surface area contributed by atoms with E-state index >= 15 is 0 Å². The second kappa shape index (κ2) is 7.54. The van der Waals surface area contributed by atoms with Crippen LogP contribution in [0.15, 0.2) is 46.1 Å². The normalized spacial score (nSPS) is 12.1. The predicted octanol–water partition coefficient (Wildman–Crippen LogP) is 5.26. The molecule has 1 aromatic carbocycles. The van der Waals surface area contributed by atoms with Crippen molar-refractivity contribution >= 4 is 45.7 Å². The first kappa shape index (κ1) is 18.9. The van der Waals surface area contributed by atoms with Crippen molar-refractivity contribution in [2.24, 2.45) is 4.99 Å². The van der Waals surface area contributed by atoms with Crippen LogP contribution in [0.1, 0.15) is 12.5 Å². The maximum Gasteiger partial charge on any atom is 0.233 e. The van der Waals surface area contributed by atoms with Crippen LogP contribution in [0, 0.1) is 6.92 Å². The highest BCUT2D eigenvalue weighted by Gasteiger charge is 2.19. The Labute approximate surface area is 175 Å². The van der Waals surface area contributed by atoms with E-state index in [9.17, 15) is 0 Å². The molecular formula is C19H14Cl3N5O. The van der Waals surface area contributed by atoms with E-state index in [1.54, 1.807) is 30.6 Å². The molecule has 0 amide bonds. The van der Waals surface area contributed by atoms with Gasteiger partial charge in [0.2, 0.25) is 11.4 Å². The van der Waals surface area contributed by atoms with Crippen LogP contribution in [0.3, 0.4) is 0 Å². The van der Waals surface area contributed by atoms with Gasteiger partial charge in [0.1, 0.15) is 5.15 Å². The summed E-state index contributed by atoms with van der Waals surface area (Å²) in [5.41, 5.74) is 2.58. The molecular weight excluding hydrogens is 421 g/mol. The number of benzene rings is 1. The minimum atomic E-state index is 0.283. The van der Waals surface area contributed by atoms with Crippen LogP contribution in [0.4, 0.5) is 0 Å². The highest BCUT2D eigenvalue weighted by atomic mass is 35.5. The Kier molecular flexibility index (Phi) is 5.10. The Morgan fingerprint density at radius 1 is 1.21 bits per heavy atom. The molecule has 0 bridgehead atoms. The molecule has 142 valence electrons. The summed E-state index contributed by atoms with van der Waals surface area (Å²) >= 11 is 19.0. The maximum absolute atomic E-state index is 6.56. The summed E-state index contributed by atoms with van der Waals surface area (Å²) in [6.07, 6.45) is 3.18. The third kappa shape index (κ3) is 3.28. The van der Waals surface area contributed by atoms with Crippen molar-refractivity contribution in [3.63, 3.8) is 0 Å². The van der Waals surface area contributed by atoms with E-state index in [0.29, 0.717) is 39.4 Å². The van der Waals surface area contributed by atoms with Gasteiger partial charge in [0.25, 0.3) is 0 Å². The second-order valence-electron chi connectivity index (χ2n) is 5.99. The first-order valence-electron chi connectivity index (χ1n) is 8.46. The van der Waals surface area contributed by atoms with Crippen molar-refractivity contribution in [3.05, 3.63) is 63.0 Å². The van der Waals surface area contributed by atoms with E-state index in [0.717, 1.165) is 16.5 Å². The molecule has 0 fully saturated rings. The van der Waals surface area contributed by atoms with Crippen LogP contribution in [0.2, 0.25) is 15.2 Å². The number of hydrogen-bond donors (Lipinski definition) is 0. The van der Waals surface area contributed by atoms with E-state index in [-0.39, 0.29) is 5.15 Å². The lowest BCUT2D eigenvalue weighted by Crippen LogP contribution is -2.07.